The van der Waals surface area contributed by atoms with Crippen molar-refractivity contribution in [2.24, 2.45) is 0 Å². The van der Waals surface area contributed by atoms with Crippen LogP contribution in [0.1, 0.15) is 309 Å². The molecule has 7 atom stereocenters. The first kappa shape index (κ1) is 69.4. The second-order valence-corrected chi connectivity index (χ2v) is 22.2. The fourth-order valence-electron chi connectivity index (χ4n) is 10.2. The molecular formula is C64H121NO8. The molecule has 0 aromatic carbocycles. The van der Waals surface area contributed by atoms with Crippen molar-refractivity contribution in [1.82, 2.24) is 5.32 Å². The van der Waals surface area contributed by atoms with E-state index in [-0.39, 0.29) is 12.5 Å². The van der Waals surface area contributed by atoms with E-state index < -0.39 is 49.5 Å². The van der Waals surface area contributed by atoms with Crippen molar-refractivity contribution in [3.05, 3.63) is 36.5 Å². The van der Waals surface area contributed by atoms with Crippen LogP contribution in [-0.4, -0.2) is 87.5 Å². The van der Waals surface area contributed by atoms with Crippen molar-refractivity contribution in [1.29, 1.82) is 0 Å². The lowest BCUT2D eigenvalue weighted by atomic mass is 9.99. The lowest BCUT2D eigenvalue weighted by molar-refractivity contribution is -0.302. The second kappa shape index (κ2) is 53.8. The van der Waals surface area contributed by atoms with Gasteiger partial charge in [-0.15, -0.1) is 0 Å². The molecule has 7 unspecified atom stereocenters. The molecule has 6 N–H and O–H groups in total. The Morgan fingerprint density at radius 1 is 0.466 bits per heavy atom. The molecule has 430 valence electrons. The zero-order chi connectivity index (χ0) is 52.9. The molecule has 0 radical (unpaired) electrons. The molecule has 1 heterocycles. The molecule has 1 aliphatic rings. The maximum Gasteiger partial charge on any atom is 0.220 e. The van der Waals surface area contributed by atoms with E-state index in [0.29, 0.717) is 6.42 Å². The predicted octanol–water partition coefficient (Wildman–Crippen LogP) is 16.3. The van der Waals surface area contributed by atoms with Crippen molar-refractivity contribution in [2.75, 3.05) is 13.2 Å². The molecule has 73 heavy (non-hydrogen) atoms. The smallest absolute Gasteiger partial charge is 0.220 e. The Morgan fingerprint density at radius 3 is 1.21 bits per heavy atom. The third kappa shape index (κ3) is 43.1. The molecule has 1 amide bonds. The Hall–Kier alpha value is -1.59. The summed E-state index contributed by atoms with van der Waals surface area (Å²) in [6, 6.07) is -0.808. The molecule has 1 saturated heterocycles. The molecule has 0 aliphatic carbocycles. The quantitative estimate of drug-likeness (QED) is 0.0261. The Kier molecular flexibility index (Phi) is 51.2. The van der Waals surface area contributed by atoms with Crippen molar-refractivity contribution in [3.63, 3.8) is 0 Å². The van der Waals surface area contributed by atoms with E-state index in [4.69, 9.17) is 9.47 Å². The third-order valence-corrected chi connectivity index (χ3v) is 15.2. The fourth-order valence-corrected chi connectivity index (χ4v) is 10.2. The van der Waals surface area contributed by atoms with Crippen LogP contribution in [-0.2, 0) is 14.3 Å². The topological polar surface area (TPSA) is 149 Å². The van der Waals surface area contributed by atoms with Crippen LogP contribution in [0.5, 0.6) is 0 Å². The van der Waals surface area contributed by atoms with Crippen LogP contribution in [0.25, 0.3) is 0 Å². The van der Waals surface area contributed by atoms with Gasteiger partial charge in [-0.2, -0.15) is 0 Å². The van der Waals surface area contributed by atoms with Crippen molar-refractivity contribution < 1.29 is 39.8 Å². The number of unbranched alkanes of at least 4 members (excludes halogenated alkanes) is 41. The number of carbonyl (C=O) groups is 1. The predicted molar refractivity (Wildman–Crippen MR) is 309 cm³/mol. The molecule has 1 rings (SSSR count). The number of rotatable bonds is 55. The normalized spacial score (nSPS) is 19.2. The minimum Gasteiger partial charge on any atom is -0.394 e. The number of ether oxygens (including phenoxy) is 2. The minimum atomic E-state index is -1.57. The van der Waals surface area contributed by atoms with Gasteiger partial charge in [-0.1, -0.05) is 288 Å². The first-order valence-corrected chi connectivity index (χ1v) is 31.7. The summed E-state index contributed by atoms with van der Waals surface area (Å²) in [4.78, 5) is 13.1. The summed E-state index contributed by atoms with van der Waals surface area (Å²) in [6.07, 6.45) is 63.7. The van der Waals surface area contributed by atoms with Gasteiger partial charge in [0.2, 0.25) is 5.91 Å². The Morgan fingerprint density at radius 2 is 0.808 bits per heavy atom. The van der Waals surface area contributed by atoms with Gasteiger partial charge in [0.25, 0.3) is 0 Å². The average Bonchev–Trinajstić information content (AvgIpc) is 3.39. The number of hydrogen-bond donors (Lipinski definition) is 6. The molecule has 0 bridgehead atoms. The Bertz CT molecular complexity index is 1240. The van der Waals surface area contributed by atoms with E-state index in [1.165, 1.54) is 244 Å². The van der Waals surface area contributed by atoms with Crippen LogP contribution in [0.3, 0.4) is 0 Å². The lowest BCUT2D eigenvalue weighted by Gasteiger charge is -2.40. The largest absolute Gasteiger partial charge is 0.394 e. The molecule has 0 spiro atoms. The number of aliphatic hydroxyl groups is 5. The van der Waals surface area contributed by atoms with Crippen LogP contribution < -0.4 is 5.32 Å². The van der Waals surface area contributed by atoms with E-state index in [2.05, 4.69) is 43.5 Å². The van der Waals surface area contributed by atoms with Gasteiger partial charge in [0, 0.05) is 6.42 Å². The SMILES string of the molecule is CCCCC/C=C\C/C=C\CCCCCCCCCCCC(=O)NC(COC1OC(CO)C(O)C(O)C1O)C(O)/C=C/CCCCCCCCCCCCCCCCCCCCCCCCCCCCCCC. The summed E-state index contributed by atoms with van der Waals surface area (Å²) < 4.78 is 11.3. The summed E-state index contributed by atoms with van der Waals surface area (Å²) in [6.45, 7) is 3.79. The van der Waals surface area contributed by atoms with Crippen LogP contribution in [0.15, 0.2) is 36.5 Å². The Balaban J connectivity index is 2.15. The zero-order valence-corrected chi connectivity index (χ0v) is 47.9. The number of carbonyl (C=O) groups excluding carboxylic acids is 1. The summed E-state index contributed by atoms with van der Waals surface area (Å²) in [5.41, 5.74) is 0. The van der Waals surface area contributed by atoms with E-state index >= 15 is 0 Å². The van der Waals surface area contributed by atoms with Crippen LogP contribution in [0.4, 0.5) is 0 Å². The maximum absolute atomic E-state index is 13.1. The van der Waals surface area contributed by atoms with Crippen molar-refractivity contribution >= 4 is 5.91 Å². The zero-order valence-electron chi connectivity index (χ0n) is 47.9. The average molecular weight is 1030 g/mol. The van der Waals surface area contributed by atoms with E-state index in [1.807, 2.05) is 6.08 Å². The highest BCUT2D eigenvalue weighted by atomic mass is 16.7. The number of nitrogens with one attached hydrogen (secondary N) is 1. The van der Waals surface area contributed by atoms with Crippen LogP contribution >= 0.6 is 0 Å². The van der Waals surface area contributed by atoms with Gasteiger partial charge in [-0.05, 0) is 51.4 Å². The fraction of sp³-hybridized carbons (Fsp3) is 0.891. The standard InChI is InChI=1S/C64H121NO8/c1-3-5-7-9-11-13-15-17-19-21-23-24-25-26-27-28-29-30-31-32-33-34-36-37-39-41-43-45-47-49-51-53-58(67)57(56-72-64-63(71)62(70)61(69)59(55-66)73-64)65-60(68)54-52-50-48-46-44-42-40-38-35-22-20-18-16-14-12-10-8-6-4-2/h12,14,18,20,51,53,57-59,61-64,66-67,69-71H,3-11,13,15-17,19,21-50,52,54-56H2,1-2H3,(H,65,68)/b14-12-,20-18-,53-51+. The highest BCUT2D eigenvalue weighted by Gasteiger charge is 2.44. The van der Waals surface area contributed by atoms with Crippen molar-refractivity contribution in [2.45, 2.75) is 352 Å². The molecule has 9 nitrogen and oxygen atoms in total. The summed E-state index contributed by atoms with van der Waals surface area (Å²) >= 11 is 0. The molecule has 0 aromatic heterocycles. The van der Waals surface area contributed by atoms with Gasteiger partial charge in [0.15, 0.2) is 6.29 Å². The third-order valence-electron chi connectivity index (χ3n) is 15.2. The molecule has 1 aliphatic heterocycles. The van der Waals surface area contributed by atoms with E-state index in [0.717, 1.165) is 44.9 Å². The number of hydrogen-bond acceptors (Lipinski definition) is 8. The highest BCUT2D eigenvalue weighted by molar-refractivity contribution is 5.76. The van der Waals surface area contributed by atoms with E-state index in [9.17, 15) is 30.3 Å². The second-order valence-electron chi connectivity index (χ2n) is 22.2. The monoisotopic (exact) mass is 1030 g/mol. The summed E-state index contributed by atoms with van der Waals surface area (Å²) in [5, 5.41) is 54.6. The summed E-state index contributed by atoms with van der Waals surface area (Å²) in [5.74, 6) is -0.178. The van der Waals surface area contributed by atoms with Gasteiger partial charge in [0.05, 0.1) is 25.4 Å². The van der Waals surface area contributed by atoms with Gasteiger partial charge in [-0.3, -0.25) is 4.79 Å². The van der Waals surface area contributed by atoms with Crippen LogP contribution in [0, 0.1) is 0 Å². The van der Waals surface area contributed by atoms with Gasteiger partial charge < -0.3 is 40.3 Å². The van der Waals surface area contributed by atoms with E-state index in [1.54, 1.807) is 6.08 Å². The molecule has 1 fully saturated rings. The summed E-state index contributed by atoms with van der Waals surface area (Å²) in [7, 11) is 0. The van der Waals surface area contributed by atoms with Gasteiger partial charge in [0.1, 0.15) is 24.4 Å². The first-order valence-electron chi connectivity index (χ1n) is 31.7. The lowest BCUT2D eigenvalue weighted by Crippen LogP contribution is -2.60. The van der Waals surface area contributed by atoms with Crippen LogP contribution in [0.2, 0.25) is 0 Å². The number of allylic oxidation sites excluding steroid dienone is 5. The molecule has 0 saturated carbocycles. The Labute approximate surface area is 451 Å². The maximum atomic E-state index is 13.1. The minimum absolute atomic E-state index is 0.178. The number of aliphatic hydroxyl groups excluding tert-OH is 5. The van der Waals surface area contributed by atoms with Gasteiger partial charge in [-0.25, -0.2) is 0 Å². The van der Waals surface area contributed by atoms with Crippen molar-refractivity contribution in [3.8, 4) is 0 Å². The molecule has 0 aromatic rings. The highest BCUT2D eigenvalue weighted by Crippen LogP contribution is 2.23. The molecule has 9 heteroatoms. The van der Waals surface area contributed by atoms with Gasteiger partial charge >= 0.3 is 0 Å². The molecular weight excluding hydrogens is 911 g/mol. The number of amides is 1. The first-order chi connectivity index (χ1) is 35.8.